The molecule has 0 unspecified atom stereocenters. The number of pyridine rings is 1. The minimum absolute atomic E-state index is 0.561. The predicted octanol–water partition coefficient (Wildman–Crippen LogP) is 2.27. The normalized spacial score (nSPS) is 10.5. The minimum Gasteiger partial charge on any atom is -0.494 e. The lowest BCUT2D eigenvalue weighted by Gasteiger charge is -2.11. The fourth-order valence-corrected chi connectivity index (χ4v) is 1.97. The van der Waals surface area contributed by atoms with E-state index in [1.807, 2.05) is 12.1 Å². The van der Waals surface area contributed by atoms with Gasteiger partial charge in [-0.25, -0.2) is 0 Å². The van der Waals surface area contributed by atoms with Gasteiger partial charge in [-0.15, -0.1) is 0 Å². The number of hydrogen-bond donors (Lipinski definition) is 2. The molecule has 0 amide bonds. The van der Waals surface area contributed by atoms with Gasteiger partial charge in [-0.2, -0.15) is 0 Å². The van der Waals surface area contributed by atoms with Gasteiger partial charge in [0, 0.05) is 30.4 Å². The zero-order valence-electron chi connectivity index (χ0n) is 9.53. The molecule has 0 aliphatic rings. The van der Waals surface area contributed by atoms with Crippen molar-refractivity contribution >= 4 is 28.2 Å². The molecule has 2 rings (SSSR count). The summed E-state index contributed by atoms with van der Waals surface area (Å²) in [6.45, 7) is 1.25. The number of ether oxygens (including phenoxy) is 1. The smallest absolute Gasteiger partial charge is 0.145 e. The van der Waals surface area contributed by atoms with Crippen LogP contribution in [0.4, 0.5) is 5.69 Å². The van der Waals surface area contributed by atoms with Crippen molar-refractivity contribution < 1.29 is 4.74 Å². The molecule has 0 atom stereocenters. The van der Waals surface area contributed by atoms with Crippen LogP contribution in [0.25, 0.3) is 10.9 Å². The molecule has 1 aromatic heterocycles. The van der Waals surface area contributed by atoms with Crippen molar-refractivity contribution in [3.63, 3.8) is 0 Å². The number of hydrogen-bond acceptors (Lipinski definition) is 4. The number of halogens is 1. The molecule has 4 nitrogen and oxygen atoms in total. The van der Waals surface area contributed by atoms with Crippen molar-refractivity contribution in [2.24, 2.45) is 5.73 Å². The molecule has 90 valence electrons. The standard InChI is InChI=1S/C12H14ClN3O/c1-17-10-3-2-8(13)11-9(15-7-5-14)4-6-16-12(10)11/h2-4,6H,5,7,14H2,1H3,(H,15,16). The van der Waals surface area contributed by atoms with E-state index in [2.05, 4.69) is 10.3 Å². The Morgan fingerprint density at radius 3 is 2.94 bits per heavy atom. The van der Waals surface area contributed by atoms with Crippen LogP contribution < -0.4 is 15.8 Å². The highest BCUT2D eigenvalue weighted by atomic mass is 35.5. The molecular weight excluding hydrogens is 238 g/mol. The number of fused-ring (bicyclic) bond motifs is 1. The lowest BCUT2D eigenvalue weighted by molar-refractivity contribution is 0.419. The first kappa shape index (κ1) is 12.0. The Bertz CT molecular complexity index is 530. The zero-order chi connectivity index (χ0) is 12.3. The van der Waals surface area contributed by atoms with Crippen LogP contribution in [0.2, 0.25) is 5.02 Å². The summed E-state index contributed by atoms with van der Waals surface area (Å²) in [6, 6.07) is 5.49. The summed E-state index contributed by atoms with van der Waals surface area (Å²) in [5.41, 5.74) is 7.15. The van der Waals surface area contributed by atoms with Crippen molar-refractivity contribution in [1.82, 2.24) is 4.98 Å². The van der Waals surface area contributed by atoms with E-state index in [4.69, 9.17) is 22.1 Å². The van der Waals surface area contributed by atoms with Crippen LogP contribution in [0.3, 0.4) is 0 Å². The lowest BCUT2D eigenvalue weighted by Crippen LogP contribution is -2.13. The van der Waals surface area contributed by atoms with E-state index < -0.39 is 0 Å². The second-order valence-corrected chi connectivity index (χ2v) is 3.95. The zero-order valence-corrected chi connectivity index (χ0v) is 10.3. The van der Waals surface area contributed by atoms with Gasteiger partial charge < -0.3 is 15.8 Å². The maximum atomic E-state index is 6.20. The van der Waals surface area contributed by atoms with E-state index in [9.17, 15) is 0 Å². The van der Waals surface area contributed by atoms with Gasteiger partial charge in [0.1, 0.15) is 11.3 Å². The molecule has 1 heterocycles. The molecule has 3 N–H and O–H groups in total. The molecule has 0 bridgehead atoms. The van der Waals surface area contributed by atoms with E-state index in [0.29, 0.717) is 23.9 Å². The number of nitrogens with two attached hydrogens (primary N) is 1. The Balaban J connectivity index is 2.61. The number of benzene rings is 1. The number of nitrogens with one attached hydrogen (secondary N) is 1. The average molecular weight is 252 g/mol. The van der Waals surface area contributed by atoms with Crippen LogP contribution in [0, 0.1) is 0 Å². The minimum atomic E-state index is 0.561. The Morgan fingerprint density at radius 1 is 1.41 bits per heavy atom. The Morgan fingerprint density at radius 2 is 2.24 bits per heavy atom. The summed E-state index contributed by atoms with van der Waals surface area (Å²) < 4.78 is 5.27. The van der Waals surface area contributed by atoms with Gasteiger partial charge in [0.15, 0.2) is 0 Å². The van der Waals surface area contributed by atoms with E-state index in [-0.39, 0.29) is 0 Å². The van der Waals surface area contributed by atoms with E-state index in [1.165, 1.54) is 0 Å². The van der Waals surface area contributed by atoms with Crippen LogP contribution in [-0.4, -0.2) is 25.2 Å². The summed E-state index contributed by atoms with van der Waals surface area (Å²) in [4.78, 5) is 4.30. The van der Waals surface area contributed by atoms with Gasteiger partial charge in [0.25, 0.3) is 0 Å². The molecular formula is C12H14ClN3O. The maximum absolute atomic E-state index is 6.20. The fourth-order valence-electron chi connectivity index (χ4n) is 1.72. The summed E-state index contributed by atoms with van der Waals surface area (Å²) in [6.07, 6.45) is 1.72. The quantitative estimate of drug-likeness (QED) is 0.875. The number of anilines is 1. The van der Waals surface area contributed by atoms with Crippen molar-refractivity contribution in [2.45, 2.75) is 0 Å². The molecule has 0 fully saturated rings. The van der Waals surface area contributed by atoms with Crippen LogP contribution in [0.15, 0.2) is 24.4 Å². The number of nitrogens with zero attached hydrogens (tertiary/aromatic N) is 1. The van der Waals surface area contributed by atoms with Gasteiger partial charge in [-0.1, -0.05) is 11.6 Å². The summed E-state index contributed by atoms with van der Waals surface area (Å²) >= 11 is 6.20. The first-order valence-corrected chi connectivity index (χ1v) is 5.71. The Kier molecular flexibility index (Phi) is 3.66. The highest BCUT2D eigenvalue weighted by Crippen LogP contribution is 2.34. The number of methoxy groups -OCH3 is 1. The second kappa shape index (κ2) is 5.21. The van der Waals surface area contributed by atoms with E-state index >= 15 is 0 Å². The first-order valence-electron chi connectivity index (χ1n) is 5.33. The van der Waals surface area contributed by atoms with Gasteiger partial charge in [0.05, 0.1) is 12.1 Å². The molecule has 0 aliphatic heterocycles. The van der Waals surface area contributed by atoms with Gasteiger partial charge in [-0.05, 0) is 18.2 Å². The monoisotopic (exact) mass is 251 g/mol. The van der Waals surface area contributed by atoms with E-state index in [1.54, 1.807) is 19.4 Å². The van der Waals surface area contributed by atoms with E-state index in [0.717, 1.165) is 16.6 Å². The van der Waals surface area contributed by atoms with Crippen molar-refractivity contribution in [1.29, 1.82) is 0 Å². The van der Waals surface area contributed by atoms with Gasteiger partial charge in [0.2, 0.25) is 0 Å². The fraction of sp³-hybridized carbons (Fsp3) is 0.250. The van der Waals surface area contributed by atoms with Crippen molar-refractivity contribution in [3.8, 4) is 5.75 Å². The number of aromatic nitrogens is 1. The topological polar surface area (TPSA) is 60.2 Å². The molecule has 0 aliphatic carbocycles. The summed E-state index contributed by atoms with van der Waals surface area (Å²) in [5.74, 6) is 0.709. The molecule has 17 heavy (non-hydrogen) atoms. The van der Waals surface area contributed by atoms with Crippen molar-refractivity contribution in [3.05, 3.63) is 29.4 Å². The van der Waals surface area contributed by atoms with Gasteiger partial charge in [-0.3, -0.25) is 4.98 Å². The molecule has 0 spiro atoms. The highest BCUT2D eigenvalue weighted by Gasteiger charge is 2.10. The Labute approximate surface area is 105 Å². The number of rotatable bonds is 4. The largest absolute Gasteiger partial charge is 0.494 e. The Hall–Kier alpha value is -1.52. The first-order chi connectivity index (χ1) is 8.27. The summed E-state index contributed by atoms with van der Waals surface area (Å²) in [7, 11) is 1.62. The molecule has 5 heteroatoms. The lowest BCUT2D eigenvalue weighted by atomic mass is 10.1. The molecule has 1 aromatic carbocycles. The SMILES string of the molecule is COc1ccc(Cl)c2c(NCCN)ccnc12. The second-order valence-electron chi connectivity index (χ2n) is 3.55. The van der Waals surface area contributed by atoms with Crippen LogP contribution in [-0.2, 0) is 0 Å². The molecule has 0 saturated heterocycles. The van der Waals surface area contributed by atoms with Crippen LogP contribution in [0.1, 0.15) is 0 Å². The average Bonchev–Trinajstić information content (AvgIpc) is 2.36. The van der Waals surface area contributed by atoms with Crippen LogP contribution in [0.5, 0.6) is 5.75 Å². The maximum Gasteiger partial charge on any atom is 0.145 e. The van der Waals surface area contributed by atoms with Crippen molar-refractivity contribution in [2.75, 3.05) is 25.5 Å². The van der Waals surface area contributed by atoms with Crippen LogP contribution >= 0.6 is 11.6 Å². The molecule has 0 radical (unpaired) electrons. The molecule has 0 saturated carbocycles. The highest BCUT2D eigenvalue weighted by molar-refractivity contribution is 6.36. The predicted molar refractivity (Wildman–Crippen MR) is 70.8 cm³/mol. The van der Waals surface area contributed by atoms with Gasteiger partial charge >= 0.3 is 0 Å². The third-order valence-corrected chi connectivity index (χ3v) is 2.80. The third kappa shape index (κ3) is 2.28. The third-order valence-electron chi connectivity index (χ3n) is 2.48. The molecule has 2 aromatic rings. The summed E-state index contributed by atoms with van der Waals surface area (Å²) in [5, 5.41) is 4.73.